The zero-order valence-electron chi connectivity index (χ0n) is 17.2. The SMILES string of the molecule is O=C(O)N1CCC(c2ccc(C(O)(C(F)(F)F)C(F)(F)F)c(F)c2)(S(=O)(=O)c2ccc(F)cc2)C1. The molecule has 2 aromatic carbocycles. The van der Waals surface area contributed by atoms with Crippen molar-refractivity contribution in [2.24, 2.45) is 0 Å². The summed E-state index contributed by atoms with van der Waals surface area (Å²) in [5.74, 6) is -3.05. The second-order valence-corrected chi connectivity index (χ2v) is 10.1. The smallest absolute Gasteiger partial charge is 0.430 e. The largest absolute Gasteiger partial charge is 0.465 e. The van der Waals surface area contributed by atoms with Crippen molar-refractivity contribution >= 4 is 15.9 Å². The molecule has 0 aromatic heterocycles. The number of carbonyl (C=O) groups is 1. The Kier molecular flexibility index (Phi) is 6.34. The van der Waals surface area contributed by atoms with E-state index in [1.54, 1.807) is 0 Å². The van der Waals surface area contributed by atoms with Crippen LogP contribution in [0.15, 0.2) is 47.4 Å². The predicted octanol–water partition coefficient (Wildman–Crippen LogP) is 4.33. The summed E-state index contributed by atoms with van der Waals surface area (Å²) < 4.78 is 132. The van der Waals surface area contributed by atoms with E-state index in [2.05, 4.69) is 0 Å². The summed E-state index contributed by atoms with van der Waals surface area (Å²) >= 11 is 0. The summed E-state index contributed by atoms with van der Waals surface area (Å²) in [5, 5.41) is 18.8. The number of sulfone groups is 1. The van der Waals surface area contributed by atoms with Crippen LogP contribution in [-0.4, -0.2) is 55.1 Å². The third-order valence-electron chi connectivity index (χ3n) is 5.85. The lowest BCUT2D eigenvalue weighted by Gasteiger charge is -2.34. The summed E-state index contributed by atoms with van der Waals surface area (Å²) in [7, 11) is -4.70. The molecule has 1 fully saturated rings. The monoisotopic (exact) mass is 533 g/mol. The highest BCUT2D eigenvalue weighted by molar-refractivity contribution is 7.92. The van der Waals surface area contributed by atoms with Crippen LogP contribution in [0.1, 0.15) is 17.5 Å². The van der Waals surface area contributed by atoms with E-state index in [1.165, 1.54) is 0 Å². The molecule has 0 aliphatic carbocycles. The zero-order chi connectivity index (χ0) is 26.6. The fourth-order valence-electron chi connectivity index (χ4n) is 3.95. The lowest BCUT2D eigenvalue weighted by Crippen LogP contribution is -2.54. The first kappa shape index (κ1) is 26.7. The van der Waals surface area contributed by atoms with Crippen LogP contribution >= 0.6 is 0 Å². The van der Waals surface area contributed by atoms with E-state index in [-0.39, 0.29) is 12.1 Å². The number of hydrogen-bond acceptors (Lipinski definition) is 4. The first-order chi connectivity index (χ1) is 15.9. The molecular weight excluding hydrogens is 518 g/mol. The maximum Gasteiger partial charge on any atom is 0.430 e. The third-order valence-corrected chi connectivity index (χ3v) is 8.34. The molecule has 1 unspecified atom stereocenters. The summed E-state index contributed by atoms with van der Waals surface area (Å²) in [5.41, 5.74) is -8.48. The molecule has 1 aliphatic heterocycles. The highest BCUT2D eigenvalue weighted by Crippen LogP contribution is 2.51. The number of nitrogens with zero attached hydrogens (tertiary/aromatic N) is 1. The van der Waals surface area contributed by atoms with Crippen molar-refractivity contribution in [1.82, 2.24) is 4.90 Å². The van der Waals surface area contributed by atoms with Crippen molar-refractivity contribution in [2.45, 2.75) is 34.0 Å². The van der Waals surface area contributed by atoms with Gasteiger partial charge in [0.15, 0.2) is 9.84 Å². The average molecular weight is 533 g/mol. The Balaban J connectivity index is 2.24. The molecular formula is C20H15F8NO5S. The molecule has 0 spiro atoms. The summed E-state index contributed by atoms with van der Waals surface area (Å²) in [6.07, 6.45) is -14.9. The Hall–Kier alpha value is -2.94. The van der Waals surface area contributed by atoms with Gasteiger partial charge in [0.25, 0.3) is 5.60 Å². The van der Waals surface area contributed by atoms with Gasteiger partial charge < -0.3 is 15.1 Å². The van der Waals surface area contributed by atoms with Crippen molar-refractivity contribution in [3.63, 3.8) is 0 Å². The molecule has 3 rings (SSSR count). The van der Waals surface area contributed by atoms with Crippen LogP contribution < -0.4 is 0 Å². The first-order valence-corrected chi connectivity index (χ1v) is 11.0. The van der Waals surface area contributed by atoms with Crippen molar-refractivity contribution in [3.05, 3.63) is 65.2 Å². The minimum absolute atomic E-state index is 0.0446. The second kappa shape index (κ2) is 8.33. The minimum Gasteiger partial charge on any atom is -0.465 e. The van der Waals surface area contributed by atoms with Crippen LogP contribution in [0.4, 0.5) is 39.9 Å². The molecule has 1 amide bonds. The van der Waals surface area contributed by atoms with E-state index in [1.807, 2.05) is 0 Å². The van der Waals surface area contributed by atoms with Gasteiger partial charge in [-0.2, -0.15) is 26.3 Å². The molecule has 0 radical (unpaired) electrons. The number of halogens is 8. The molecule has 2 aromatic rings. The van der Waals surface area contributed by atoms with Gasteiger partial charge in [0.05, 0.1) is 4.90 Å². The zero-order valence-corrected chi connectivity index (χ0v) is 18.0. The van der Waals surface area contributed by atoms with E-state index in [9.17, 15) is 58.5 Å². The van der Waals surface area contributed by atoms with Crippen molar-refractivity contribution < 1.29 is 58.5 Å². The Morgan fingerprint density at radius 3 is 1.91 bits per heavy atom. The molecule has 35 heavy (non-hydrogen) atoms. The molecule has 2 N–H and O–H groups in total. The standard InChI is InChI=1S/C20H15F8NO5S/c21-12-2-4-13(5-3-12)35(33,34)17(7-8-29(10-17)16(30)31)11-1-6-14(15(22)9-11)18(32,19(23,24)25)20(26,27)28/h1-6,9,32H,7-8,10H2,(H,30,31). The Morgan fingerprint density at radius 1 is 0.943 bits per heavy atom. The van der Waals surface area contributed by atoms with Gasteiger partial charge in [-0.25, -0.2) is 22.0 Å². The Bertz CT molecular complexity index is 1230. The summed E-state index contributed by atoms with van der Waals surface area (Å²) in [6, 6.07) is 3.68. The molecule has 1 atom stereocenters. The number of carboxylic acid groups (broad SMARTS) is 1. The minimum atomic E-state index is -6.39. The van der Waals surface area contributed by atoms with Crippen LogP contribution in [-0.2, 0) is 20.2 Å². The second-order valence-electron chi connectivity index (χ2n) is 7.81. The maximum absolute atomic E-state index is 14.8. The highest BCUT2D eigenvalue weighted by atomic mass is 32.2. The van der Waals surface area contributed by atoms with Crippen LogP contribution in [0.5, 0.6) is 0 Å². The molecule has 0 bridgehead atoms. The number of benzene rings is 2. The van der Waals surface area contributed by atoms with Gasteiger partial charge in [-0.05, 0) is 42.3 Å². The van der Waals surface area contributed by atoms with Gasteiger partial charge in [0.2, 0.25) is 0 Å². The van der Waals surface area contributed by atoms with Gasteiger partial charge in [-0.1, -0.05) is 12.1 Å². The van der Waals surface area contributed by atoms with Crippen LogP contribution in [0.3, 0.4) is 0 Å². The number of aliphatic hydroxyl groups is 1. The van der Waals surface area contributed by atoms with Gasteiger partial charge in [0.1, 0.15) is 16.4 Å². The van der Waals surface area contributed by atoms with Gasteiger partial charge in [-0.3, -0.25) is 0 Å². The van der Waals surface area contributed by atoms with Gasteiger partial charge in [0, 0.05) is 18.7 Å². The summed E-state index contributed by atoms with van der Waals surface area (Å²) in [4.78, 5) is 11.5. The molecule has 0 saturated carbocycles. The number of rotatable bonds is 4. The topological polar surface area (TPSA) is 94.9 Å². The lowest BCUT2D eigenvalue weighted by atomic mass is 9.88. The third kappa shape index (κ3) is 4.09. The molecule has 1 saturated heterocycles. The fraction of sp³-hybridized carbons (Fsp3) is 0.350. The van der Waals surface area contributed by atoms with E-state index in [0.717, 1.165) is 24.3 Å². The Labute approximate surface area is 192 Å². The maximum atomic E-state index is 14.8. The van der Waals surface area contributed by atoms with Crippen molar-refractivity contribution in [1.29, 1.82) is 0 Å². The van der Waals surface area contributed by atoms with E-state index >= 15 is 0 Å². The molecule has 1 heterocycles. The van der Waals surface area contributed by atoms with E-state index in [4.69, 9.17) is 0 Å². The van der Waals surface area contributed by atoms with Crippen LogP contribution in [0.25, 0.3) is 0 Å². The van der Waals surface area contributed by atoms with Crippen LogP contribution in [0, 0.1) is 11.6 Å². The highest BCUT2D eigenvalue weighted by Gasteiger charge is 2.72. The quantitative estimate of drug-likeness (QED) is 0.451. The summed E-state index contributed by atoms with van der Waals surface area (Å²) in [6.45, 7) is -1.27. The van der Waals surface area contributed by atoms with Crippen LogP contribution in [0.2, 0.25) is 0 Å². The number of hydrogen-bond donors (Lipinski definition) is 2. The molecule has 6 nitrogen and oxygen atoms in total. The van der Waals surface area contributed by atoms with Gasteiger partial charge in [-0.15, -0.1) is 0 Å². The van der Waals surface area contributed by atoms with Crippen molar-refractivity contribution in [3.8, 4) is 0 Å². The van der Waals surface area contributed by atoms with Gasteiger partial charge >= 0.3 is 18.4 Å². The molecule has 1 aliphatic rings. The first-order valence-electron chi connectivity index (χ1n) is 9.53. The predicted molar refractivity (Wildman–Crippen MR) is 102 cm³/mol. The number of likely N-dealkylation sites (tertiary alicyclic amines) is 1. The lowest BCUT2D eigenvalue weighted by molar-refractivity contribution is -0.377. The van der Waals surface area contributed by atoms with E-state index in [0.29, 0.717) is 11.0 Å². The Morgan fingerprint density at radius 2 is 1.49 bits per heavy atom. The fourth-order valence-corrected chi connectivity index (χ4v) is 6.02. The number of alkyl halides is 6. The molecule has 192 valence electrons. The number of amides is 1. The molecule has 15 heteroatoms. The van der Waals surface area contributed by atoms with Crippen molar-refractivity contribution in [2.75, 3.05) is 13.1 Å². The average Bonchev–Trinajstić information content (AvgIpc) is 3.19. The van der Waals surface area contributed by atoms with E-state index < -0.39 is 85.8 Å². The normalized spacial score (nSPS) is 19.7.